The highest BCUT2D eigenvalue weighted by Crippen LogP contribution is 2.25. The third kappa shape index (κ3) is 2.53. The van der Waals surface area contributed by atoms with Crippen LogP contribution in [0.3, 0.4) is 0 Å². The van der Waals surface area contributed by atoms with Crippen LogP contribution in [0.2, 0.25) is 0 Å². The smallest absolute Gasteiger partial charge is 0.325 e. The van der Waals surface area contributed by atoms with E-state index in [0.29, 0.717) is 5.69 Å². The Morgan fingerprint density at radius 1 is 1.25 bits per heavy atom. The number of hydrogen-bond donors (Lipinski definition) is 0. The molecule has 5 heteroatoms. The minimum atomic E-state index is -4.44. The fourth-order valence-corrected chi connectivity index (χ4v) is 1.52. The maximum Gasteiger partial charge on any atom is 0.449 e. The van der Waals surface area contributed by atoms with Crippen LogP contribution in [-0.2, 0) is 0 Å². The van der Waals surface area contributed by atoms with Gasteiger partial charge in [0.15, 0.2) is 0 Å². The molecule has 0 bridgehead atoms. The molecule has 0 aliphatic carbocycles. The maximum atomic E-state index is 12.6. The summed E-state index contributed by atoms with van der Waals surface area (Å²) in [6.45, 7) is 1.76. The van der Waals surface area contributed by atoms with E-state index in [1.165, 1.54) is 7.05 Å². The van der Waals surface area contributed by atoms with Gasteiger partial charge in [-0.3, -0.25) is 4.99 Å². The Morgan fingerprint density at radius 2 is 1.81 bits per heavy atom. The molecule has 0 radical (unpaired) electrons. The summed E-state index contributed by atoms with van der Waals surface area (Å²) in [6.07, 6.45) is -4.44. The summed E-state index contributed by atoms with van der Waals surface area (Å²) in [5.74, 6) is -0.901. The van der Waals surface area contributed by atoms with Gasteiger partial charge in [0, 0.05) is 19.8 Å². The standard InChI is InChI=1S/C11H13F3N2/c1-8-6-4-5-7-9(8)16(3)10(15-2)11(12,13)14/h4-7H,1-3H3/b15-10+. The molecule has 88 valence electrons. The Balaban J connectivity index is 3.12. The van der Waals surface area contributed by atoms with Crippen molar-refractivity contribution in [2.45, 2.75) is 13.1 Å². The van der Waals surface area contributed by atoms with Gasteiger partial charge in [0.2, 0.25) is 5.84 Å². The van der Waals surface area contributed by atoms with Crippen molar-refractivity contribution in [3.05, 3.63) is 29.8 Å². The predicted octanol–water partition coefficient (Wildman–Crippen LogP) is 3.02. The highest BCUT2D eigenvalue weighted by molar-refractivity contribution is 6.01. The molecule has 1 aromatic carbocycles. The van der Waals surface area contributed by atoms with E-state index < -0.39 is 12.0 Å². The zero-order valence-corrected chi connectivity index (χ0v) is 9.34. The molecule has 0 amide bonds. The Kier molecular flexibility index (Phi) is 3.57. The molecule has 0 atom stereocenters. The van der Waals surface area contributed by atoms with Crippen LogP contribution in [0.25, 0.3) is 0 Å². The first-order valence-electron chi connectivity index (χ1n) is 4.71. The molecule has 0 heterocycles. The van der Waals surface area contributed by atoms with Crippen molar-refractivity contribution in [2.75, 3.05) is 19.0 Å². The summed E-state index contributed by atoms with van der Waals surface area (Å²) in [6, 6.07) is 6.87. The second-order valence-corrected chi connectivity index (χ2v) is 3.39. The van der Waals surface area contributed by atoms with E-state index in [-0.39, 0.29) is 0 Å². The Hall–Kier alpha value is -1.52. The molecule has 0 N–H and O–H groups in total. The van der Waals surface area contributed by atoms with Crippen molar-refractivity contribution >= 4 is 11.5 Å². The molecule has 0 spiro atoms. The number of hydrogen-bond acceptors (Lipinski definition) is 1. The number of para-hydroxylation sites is 1. The molecule has 0 fully saturated rings. The SMILES string of the molecule is C/N=C(/N(C)c1ccccc1C)C(F)(F)F. The molecule has 0 aliphatic rings. The van der Waals surface area contributed by atoms with Gasteiger partial charge in [-0.2, -0.15) is 13.2 Å². The Bertz CT molecular complexity index is 396. The third-order valence-corrected chi connectivity index (χ3v) is 2.26. The molecular weight excluding hydrogens is 217 g/mol. The van der Waals surface area contributed by atoms with Gasteiger partial charge in [0.1, 0.15) is 0 Å². The first-order chi connectivity index (χ1) is 7.38. The minimum Gasteiger partial charge on any atom is -0.325 e. The molecule has 0 saturated carbocycles. The lowest BCUT2D eigenvalue weighted by Gasteiger charge is -2.24. The van der Waals surface area contributed by atoms with Gasteiger partial charge in [-0.25, -0.2) is 0 Å². The summed E-state index contributed by atoms with van der Waals surface area (Å²) < 4.78 is 37.8. The number of aliphatic imine (C=N–C) groups is 1. The zero-order chi connectivity index (χ0) is 12.3. The average molecular weight is 230 g/mol. The highest BCUT2D eigenvalue weighted by Gasteiger charge is 2.38. The van der Waals surface area contributed by atoms with Crippen LogP contribution in [0.1, 0.15) is 5.56 Å². The van der Waals surface area contributed by atoms with E-state index >= 15 is 0 Å². The summed E-state index contributed by atoms with van der Waals surface area (Å²) >= 11 is 0. The van der Waals surface area contributed by atoms with Gasteiger partial charge in [-0.05, 0) is 18.6 Å². The zero-order valence-electron chi connectivity index (χ0n) is 9.34. The largest absolute Gasteiger partial charge is 0.449 e. The van der Waals surface area contributed by atoms with Crippen LogP contribution in [0, 0.1) is 6.92 Å². The average Bonchev–Trinajstić information content (AvgIpc) is 2.17. The molecule has 0 saturated heterocycles. The Morgan fingerprint density at radius 3 is 2.25 bits per heavy atom. The fourth-order valence-electron chi connectivity index (χ4n) is 1.52. The van der Waals surface area contributed by atoms with Gasteiger partial charge in [0.05, 0.1) is 0 Å². The van der Waals surface area contributed by atoms with Crippen LogP contribution in [0.5, 0.6) is 0 Å². The van der Waals surface area contributed by atoms with Crippen molar-refractivity contribution in [3.8, 4) is 0 Å². The van der Waals surface area contributed by atoms with Crippen LogP contribution in [0.4, 0.5) is 18.9 Å². The fraction of sp³-hybridized carbons (Fsp3) is 0.364. The highest BCUT2D eigenvalue weighted by atomic mass is 19.4. The molecule has 16 heavy (non-hydrogen) atoms. The number of aryl methyl sites for hydroxylation is 1. The molecule has 0 aliphatic heterocycles. The number of nitrogens with zero attached hydrogens (tertiary/aromatic N) is 2. The van der Waals surface area contributed by atoms with E-state index in [9.17, 15) is 13.2 Å². The normalized spacial score (nSPS) is 12.8. The van der Waals surface area contributed by atoms with Crippen LogP contribution in [0.15, 0.2) is 29.3 Å². The number of anilines is 1. The first-order valence-corrected chi connectivity index (χ1v) is 4.71. The van der Waals surface area contributed by atoms with Crippen molar-refractivity contribution in [1.82, 2.24) is 0 Å². The number of alkyl halides is 3. The molecule has 1 aromatic rings. The van der Waals surface area contributed by atoms with Gasteiger partial charge in [-0.1, -0.05) is 18.2 Å². The van der Waals surface area contributed by atoms with E-state index in [1.807, 2.05) is 0 Å². The molecule has 0 aromatic heterocycles. The molecule has 0 unspecified atom stereocenters. The van der Waals surface area contributed by atoms with Crippen molar-refractivity contribution in [1.29, 1.82) is 0 Å². The van der Waals surface area contributed by atoms with Crippen LogP contribution >= 0.6 is 0 Å². The van der Waals surface area contributed by atoms with Crippen LogP contribution in [-0.4, -0.2) is 26.1 Å². The van der Waals surface area contributed by atoms with E-state index in [0.717, 1.165) is 17.5 Å². The summed E-state index contributed by atoms with van der Waals surface area (Å²) in [7, 11) is 2.50. The topological polar surface area (TPSA) is 15.6 Å². The van der Waals surface area contributed by atoms with Crippen molar-refractivity contribution in [3.63, 3.8) is 0 Å². The minimum absolute atomic E-state index is 0.500. The van der Waals surface area contributed by atoms with E-state index in [1.54, 1.807) is 31.2 Å². The number of amidine groups is 1. The summed E-state index contributed by atoms with van der Waals surface area (Å²) in [5.41, 5.74) is 1.27. The second kappa shape index (κ2) is 4.55. The predicted molar refractivity (Wildman–Crippen MR) is 59.0 cm³/mol. The van der Waals surface area contributed by atoms with E-state index in [2.05, 4.69) is 4.99 Å². The van der Waals surface area contributed by atoms with Gasteiger partial charge < -0.3 is 4.90 Å². The molecular formula is C11H13F3N2. The van der Waals surface area contributed by atoms with Crippen LogP contribution < -0.4 is 4.90 Å². The second-order valence-electron chi connectivity index (χ2n) is 3.39. The lowest BCUT2D eigenvalue weighted by Crippen LogP contribution is -2.39. The quantitative estimate of drug-likeness (QED) is 0.535. The molecule has 2 nitrogen and oxygen atoms in total. The summed E-state index contributed by atoms with van der Waals surface area (Å²) in [4.78, 5) is 4.35. The monoisotopic (exact) mass is 230 g/mol. The lowest BCUT2D eigenvalue weighted by atomic mass is 10.2. The number of halogens is 3. The first kappa shape index (κ1) is 12.5. The van der Waals surface area contributed by atoms with E-state index in [4.69, 9.17) is 0 Å². The number of benzene rings is 1. The van der Waals surface area contributed by atoms with Gasteiger partial charge in [0.25, 0.3) is 0 Å². The van der Waals surface area contributed by atoms with Gasteiger partial charge >= 0.3 is 6.18 Å². The van der Waals surface area contributed by atoms with Crippen molar-refractivity contribution in [2.24, 2.45) is 4.99 Å². The maximum absolute atomic E-state index is 12.6. The third-order valence-electron chi connectivity index (χ3n) is 2.26. The van der Waals surface area contributed by atoms with Gasteiger partial charge in [-0.15, -0.1) is 0 Å². The molecule has 1 rings (SSSR count). The van der Waals surface area contributed by atoms with Crippen molar-refractivity contribution < 1.29 is 13.2 Å². The number of rotatable bonds is 1. The summed E-state index contributed by atoms with van der Waals surface area (Å²) in [5, 5.41) is 0. The lowest BCUT2D eigenvalue weighted by molar-refractivity contribution is -0.0600. The Labute approximate surface area is 92.4 Å².